The number of ether oxygens (including phenoxy) is 1. The summed E-state index contributed by atoms with van der Waals surface area (Å²) in [5.41, 5.74) is 0.744. The highest BCUT2D eigenvalue weighted by molar-refractivity contribution is 6.33. The van der Waals surface area contributed by atoms with Crippen LogP contribution in [-0.2, 0) is 16.1 Å². The molecule has 1 aromatic heterocycles. The van der Waals surface area contributed by atoms with Gasteiger partial charge in [0.05, 0.1) is 11.6 Å². The normalized spacial score (nSPS) is 12.2. The molecule has 1 heterocycles. The molecule has 1 atom stereocenters. The third-order valence-electron chi connectivity index (χ3n) is 2.67. The van der Waals surface area contributed by atoms with Gasteiger partial charge in [0.25, 0.3) is 0 Å². The van der Waals surface area contributed by atoms with E-state index in [1.807, 2.05) is 25.1 Å². The first-order chi connectivity index (χ1) is 9.56. The number of hydrogen-bond donors (Lipinski definition) is 0. The quantitative estimate of drug-likeness (QED) is 0.792. The Labute approximate surface area is 121 Å². The fourth-order valence-corrected chi connectivity index (χ4v) is 1.95. The molecule has 0 aliphatic heterocycles. The summed E-state index contributed by atoms with van der Waals surface area (Å²) in [6, 6.07) is 7.33. The second kappa shape index (κ2) is 6.47. The van der Waals surface area contributed by atoms with E-state index in [9.17, 15) is 4.79 Å². The summed E-state index contributed by atoms with van der Waals surface area (Å²) in [7, 11) is 0. The van der Waals surface area contributed by atoms with Crippen molar-refractivity contribution in [1.82, 2.24) is 20.2 Å². The lowest BCUT2D eigenvalue weighted by Gasteiger charge is -2.10. The average Bonchev–Trinajstić information content (AvgIpc) is 2.85. The lowest BCUT2D eigenvalue weighted by Crippen LogP contribution is -2.16. The summed E-state index contributed by atoms with van der Waals surface area (Å²) in [4.78, 5) is 12.3. The molecule has 1 aromatic carbocycles. The van der Waals surface area contributed by atoms with Gasteiger partial charge in [0.2, 0.25) is 5.82 Å². The van der Waals surface area contributed by atoms with E-state index in [4.69, 9.17) is 16.3 Å². The third kappa shape index (κ3) is 3.77. The first kappa shape index (κ1) is 14.5. The molecule has 0 unspecified atom stereocenters. The minimum absolute atomic E-state index is 0.178. The van der Waals surface area contributed by atoms with Crippen LogP contribution in [-0.4, -0.2) is 32.3 Å². The molecule has 0 amide bonds. The Morgan fingerprint density at radius 2 is 2.20 bits per heavy atom. The van der Waals surface area contributed by atoms with E-state index >= 15 is 0 Å². The van der Waals surface area contributed by atoms with Gasteiger partial charge in [-0.05, 0) is 24.3 Å². The number of nitrogens with zero attached hydrogens (tertiary/aromatic N) is 4. The molecule has 2 rings (SSSR count). The summed E-state index contributed by atoms with van der Waals surface area (Å²) >= 11 is 6.08. The molecule has 0 saturated heterocycles. The van der Waals surface area contributed by atoms with E-state index in [0.717, 1.165) is 5.56 Å². The number of carbonyl (C=O) groups excluding carboxylic acids is 1. The third-order valence-corrected chi connectivity index (χ3v) is 3.00. The van der Waals surface area contributed by atoms with Crippen molar-refractivity contribution in [1.29, 1.82) is 0 Å². The van der Waals surface area contributed by atoms with E-state index in [2.05, 4.69) is 15.4 Å². The number of aryl methyl sites for hydroxylation is 1. The number of aromatic nitrogens is 4. The minimum atomic E-state index is -0.291. The van der Waals surface area contributed by atoms with Gasteiger partial charge in [-0.1, -0.05) is 23.7 Å². The molecule has 0 aliphatic rings. The molecular weight excluding hydrogens is 280 g/mol. The number of tetrazole rings is 1. The zero-order valence-electron chi connectivity index (χ0n) is 11.3. The van der Waals surface area contributed by atoms with Crippen molar-refractivity contribution < 1.29 is 9.53 Å². The first-order valence-corrected chi connectivity index (χ1v) is 6.64. The predicted molar refractivity (Wildman–Crippen MR) is 74.1 cm³/mol. The molecule has 0 fully saturated rings. The van der Waals surface area contributed by atoms with Gasteiger partial charge >= 0.3 is 5.97 Å². The minimum Gasteiger partial charge on any atom is -0.463 e. The van der Waals surface area contributed by atoms with Gasteiger partial charge in [0.1, 0.15) is 6.10 Å². The maximum absolute atomic E-state index is 10.8. The van der Waals surface area contributed by atoms with Gasteiger partial charge < -0.3 is 4.74 Å². The van der Waals surface area contributed by atoms with E-state index in [1.54, 1.807) is 6.07 Å². The van der Waals surface area contributed by atoms with E-state index in [1.165, 1.54) is 11.7 Å². The van der Waals surface area contributed by atoms with Gasteiger partial charge in [-0.2, -0.15) is 4.80 Å². The Morgan fingerprint density at radius 1 is 1.45 bits per heavy atom. The van der Waals surface area contributed by atoms with Crippen LogP contribution in [0.3, 0.4) is 0 Å². The monoisotopic (exact) mass is 294 g/mol. The zero-order chi connectivity index (χ0) is 14.5. The van der Waals surface area contributed by atoms with Crippen LogP contribution in [0.1, 0.15) is 20.3 Å². The standard InChI is InChI=1S/C13H15ClN4O2/c1-9(20-10(2)19)7-8-18-16-13(15-17-18)11-5-3-4-6-12(11)14/h3-6,9H,7-8H2,1-2H3/t9-/m1/s1. The lowest BCUT2D eigenvalue weighted by molar-refractivity contribution is -0.145. The van der Waals surface area contributed by atoms with Crippen LogP contribution < -0.4 is 0 Å². The molecular formula is C13H15ClN4O2. The SMILES string of the molecule is CC(=O)O[C@H](C)CCn1nnc(-c2ccccc2Cl)n1. The molecule has 0 saturated carbocycles. The Hall–Kier alpha value is -1.95. The molecule has 0 bridgehead atoms. The van der Waals surface area contributed by atoms with Gasteiger partial charge in [-0.25, -0.2) is 0 Å². The Morgan fingerprint density at radius 3 is 2.90 bits per heavy atom. The van der Waals surface area contributed by atoms with Crippen molar-refractivity contribution in [3.8, 4) is 11.4 Å². The van der Waals surface area contributed by atoms with Crippen LogP contribution in [0.25, 0.3) is 11.4 Å². The lowest BCUT2D eigenvalue weighted by atomic mass is 10.2. The van der Waals surface area contributed by atoms with Crippen LogP contribution >= 0.6 is 11.6 Å². The highest BCUT2D eigenvalue weighted by Crippen LogP contribution is 2.23. The van der Waals surface area contributed by atoms with Crippen LogP contribution in [0.2, 0.25) is 5.02 Å². The van der Waals surface area contributed by atoms with Gasteiger partial charge in [-0.15, -0.1) is 10.2 Å². The molecule has 7 heteroatoms. The molecule has 0 spiro atoms. The van der Waals surface area contributed by atoms with E-state index in [0.29, 0.717) is 23.8 Å². The number of rotatable bonds is 5. The average molecular weight is 295 g/mol. The fraction of sp³-hybridized carbons (Fsp3) is 0.385. The highest BCUT2D eigenvalue weighted by Gasteiger charge is 2.11. The predicted octanol–water partition coefficient (Wildman–Crippen LogP) is 2.34. The van der Waals surface area contributed by atoms with Crippen LogP contribution in [0.15, 0.2) is 24.3 Å². The molecule has 20 heavy (non-hydrogen) atoms. The number of halogens is 1. The maximum atomic E-state index is 10.8. The van der Waals surface area contributed by atoms with Crippen molar-refractivity contribution in [3.63, 3.8) is 0 Å². The molecule has 106 valence electrons. The molecule has 0 aliphatic carbocycles. The number of esters is 1. The first-order valence-electron chi connectivity index (χ1n) is 6.26. The molecule has 2 aromatic rings. The largest absolute Gasteiger partial charge is 0.463 e. The molecule has 0 N–H and O–H groups in total. The van der Waals surface area contributed by atoms with Gasteiger partial charge in [-0.3, -0.25) is 4.79 Å². The highest BCUT2D eigenvalue weighted by atomic mass is 35.5. The summed E-state index contributed by atoms with van der Waals surface area (Å²) in [6.07, 6.45) is 0.444. The van der Waals surface area contributed by atoms with Crippen molar-refractivity contribution in [2.75, 3.05) is 0 Å². The topological polar surface area (TPSA) is 69.9 Å². The maximum Gasteiger partial charge on any atom is 0.302 e. The van der Waals surface area contributed by atoms with Crippen LogP contribution in [0.4, 0.5) is 0 Å². The second-order valence-electron chi connectivity index (χ2n) is 4.40. The number of carbonyl (C=O) groups is 1. The number of hydrogen-bond acceptors (Lipinski definition) is 5. The summed E-state index contributed by atoms with van der Waals surface area (Å²) in [6.45, 7) is 3.74. The summed E-state index contributed by atoms with van der Waals surface area (Å²) in [5.74, 6) is 0.191. The van der Waals surface area contributed by atoms with Gasteiger partial charge in [0.15, 0.2) is 0 Å². The Kier molecular flexibility index (Phi) is 4.68. The molecule has 6 nitrogen and oxygen atoms in total. The Bertz CT molecular complexity index is 600. The number of benzene rings is 1. The smallest absolute Gasteiger partial charge is 0.302 e. The van der Waals surface area contributed by atoms with Gasteiger partial charge in [0, 0.05) is 18.9 Å². The van der Waals surface area contributed by atoms with Crippen LogP contribution in [0, 0.1) is 0 Å². The van der Waals surface area contributed by atoms with Crippen LogP contribution in [0.5, 0.6) is 0 Å². The summed E-state index contributed by atoms with van der Waals surface area (Å²) in [5, 5.41) is 12.8. The summed E-state index contributed by atoms with van der Waals surface area (Å²) < 4.78 is 5.03. The van der Waals surface area contributed by atoms with Crippen molar-refractivity contribution in [3.05, 3.63) is 29.3 Å². The van der Waals surface area contributed by atoms with Crippen molar-refractivity contribution >= 4 is 17.6 Å². The van der Waals surface area contributed by atoms with E-state index in [-0.39, 0.29) is 12.1 Å². The Balaban J connectivity index is 1.99. The fourth-order valence-electron chi connectivity index (χ4n) is 1.73. The zero-order valence-corrected chi connectivity index (χ0v) is 12.0. The van der Waals surface area contributed by atoms with E-state index < -0.39 is 0 Å². The van der Waals surface area contributed by atoms with Crippen molar-refractivity contribution in [2.24, 2.45) is 0 Å². The molecule has 0 radical (unpaired) electrons. The second-order valence-corrected chi connectivity index (χ2v) is 4.80. The van der Waals surface area contributed by atoms with Crippen molar-refractivity contribution in [2.45, 2.75) is 32.9 Å².